The van der Waals surface area contributed by atoms with Gasteiger partial charge in [-0.2, -0.15) is 0 Å². The molecular weight excluding hydrogens is 364 g/mol. The molecule has 0 saturated carbocycles. The summed E-state index contributed by atoms with van der Waals surface area (Å²) in [5, 5.41) is 3.64. The zero-order valence-electron chi connectivity index (χ0n) is 18.4. The number of hydrogen-bond donors (Lipinski definition) is 1. The molecule has 1 unspecified atom stereocenters. The van der Waals surface area contributed by atoms with Crippen molar-refractivity contribution in [2.45, 2.75) is 38.1 Å². The Kier molecular flexibility index (Phi) is 8.62. The number of methoxy groups -OCH3 is 1. The van der Waals surface area contributed by atoms with E-state index < -0.39 is 0 Å². The number of guanidine groups is 1. The van der Waals surface area contributed by atoms with Crippen LogP contribution in [0, 0.1) is 5.92 Å². The molecule has 0 amide bonds. The highest BCUT2D eigenvalue weighted by Crippen LogP contribution is 2.31. The summed E-state index contributed by atoms with van der Waals surface area (Å²) in [7, 11) is 5.78. The highest BCUT2D eigenvalue weighted by atomic mass is 16.5. The van der Waals surface area contributed by atoms with Crippen molar-refractivity contribution >= 4 is 5.96 Å². The van der Waals surface area contributed by atoms with E-state index in [1.165, 1.54) is 37.7 Å². The molecule has 0 radical (unpaired) electrons. The third-order valence-electron chi connectivity index (χ3n) is 6.32. The number of para-hydroxylation sites is 1. The number of nitrogens with one attached hydrogen (secondary N) is 1. The van der Waals surface area contributed by atoms with Crippen molar-refractivity contribution in [3.8, 4) is 5.75 Å². The van der Waals surface area contributed by atoms with Crippen LogP contribution in [0.1, 0.15) is 43.7 Å². The van der Waals surface area contributed by atoms with Crippen molar-refractivity contribution in [2.75, 3.05) is 60.6 Å². The van der Waals surface area contributed by atoms with Crippen molar-refractivity contribution < 1.29 is 9.47 Å². The Morgan fingerprint density at radius 3 is 2.69 bits per heavy atom. The van der Waals surface area contributed by atoms with Gasteiger partial charge in [0, 0.05) is 46.0 Å². The summed E-state index contributed by atoms with van der Waals surface area (Å²) in [6.07, 6.45) is 6.11. The van der Waals surface area contributed by atoms with Gasteiger partial charge in [0.2, 0.25) is 0 Å². The lowest BCUT2D eigenvalue weighted by Crippen LogP contribution is -2.44. The quantitative estimate of drug-likeness (QED) is 0.535. The van der Waals surface area contributed by atoms with E-state index in [-0.39, 0.29) is 6.04 Å². The summed E-state index contributed by atoms with van der Waals surface area (Å²) in [5.41, 5.74) is 1.25. The molecule has 2 heterocycles. The summed E-state index contributed by atoms with van der Waals surface area (Å²) < 4.78 is 11.2. The normalized spacial score (nSPS) is 19.9. The Morgan fingerprint density at radius 2 is 2.00 bits per heavy atom. The Balaban J connectivity index is 1.60. The van der Waals surface area contributed by atoms with Crippen LogP contribution in [0.25, 0.3) is 0 Å². The van der Waals surface area contributed by atoms with Gasteiger partial charge in [-0.3, -0.25) is 9.89 Å². The maximum Gasteiger partial charge on any atom is 0.193 e. The molecule has 2 aliphatic heterocycles. The second kappa shape index (κ2) is 11.4. The highest BCUT2D eigenvalue weighted by molar-refractivity contribution is 5.79. The highest BCUT2D eigenvalue weighted by Gasteiger charge is 2.26. The number of hydrogen-bond acceptors (Lipinski definition) is 4. The van der Waals surface area contributed by atoms with Gasteiger partial charge in [0.25, 0.3) is 0 Å². The first-order valence-electron chi connectivity index (χ1n) is 11.1. The van der Waals surface area contributed by atoms with Crippen LogP contribution in [0.4, 0.5) is 0 Å². The van der Waals surface area contributed by atoms with E-state index in [0.29, 0.717) is 0 Å². The van der Waals surface area contributed by atoms with Crippen LogP contribution in [0.15, 0.2) is 29.3 Å². The smallest absolute Gasteiger partial charge is 0.193 e. The maximum atomic E-state index is 5.67. The average Bonchev–Trinajstić information content (AvgIpc) is 3.30. The van der Waals surface area contributed by atoms with E-state index >= 15 is 0 Å². The van der Waals surface area contributed by atoms with Crippen molar-refractivity contribution in [1.29, 1.82) is 0 Å². The van der Waals surface area contributed by atoms with Gasteiger partial charge in [-0.1, -0.05) is 18.2 Å². The first-order chi connectivity index (χ1) is 14.2. The Morgan fingerprint density at radius 1 is 1.28 bits per heavy atom. The lowest BCUT2D eigenvalue weighted by atomic mass is 9.96. The zero-order chi connectivity index (χ0) is 20.5. The van der Waals surface area contributed by atoms with E-state index in [1.54, 1.807) is 7.11 Å². The van der Waals surface area contributed by atoms with Crippen LogP contribution in [0.3, 0.4) is 0 Å². The minimum Gasteiger partial charge on any atom is -0.496 e. The molecule has 3 rings (SSSR count). The molecule has 2 fully saturated rings. The van der Waals surface area contributed by atoms with E-state index in [4.69, 9.17) is 9.47 Å². The van der Waals surface area contributed by atoms with Crippen LogP contribution in [-0.2, 0) is 4.74 Å². The van der Waals surface area contributed by atoms with Gasteiger partial charge >= 0.3 is 0 Å². The molecule has 1 aromatic carbocycles. The molecule has 2 aliphatic rings. The number of aliphatic imine (C=N–C) groups is 1. The molecule has 1 atom stereocenters. The predicted molar refractivity (Wildman–Crippen MR) is 119 cm³/mol. The molecule has 6 nitrogen and oxygen atoms in total. The minimum atomic E-state index is 0.286. The summed E-state index contributed by atoms with van der Waals surface area (Å²) in [4.78, 5) is 9.38. The second-order valence-corrected chi connectivity index (χ2v) is 8.19. The Hall–Kier alpha value is -1.79. The van der Waals surface area contributed by atoms with Crippen molar-refractivity contribution in [2.24, 2.45) is 10.9 Å². The average molecular weight is 403 g/mol. The summed E-state index contributed by atoms with van der Waals surface area (Å²) >= 11 is 0. The molecule has 2 saturated heterocycles. The molecule has 0 aromatic heterocycles. The monoisotopic (exact) mass is 402 g/mol. The number of ether oxygens (including phenoxy) is 2. The molecule has 0 spiro atoms. The van der Waals surface area contributed by atoms with E-state index in [9.17, 15) is 0 Å². The van der Waals surface area contributed by atoms with Gasteiger partial charge in [-0.15, -0.1) is 0 Å². The van der Waals surface area contributed by atoms with Gasteiger partial charge in [-0.25, -0.2) is 0 Å². The lowest BCUT2D eigenvalue weighted by molar-refractivity contribution is 0.0625. The van der Waals surface area contributed by atoms with E-state index in [0.717, 1.165) is 57.0 Å². The number of rotatable bonds is 8. The Labute approximate surface area is 176 Å². The Bertz CT molecular complexity index is 640. The first-order valence-corrected chi connectivity index (χ1v) is 11.1. The second-order valence-electron chi connectivity index (χ2n) is 8.19. The van der Waals surface area contributed by atoms with Crippen LogP contribution >= 0.6 is 0 Å². The van der Waals surface area contributed by atoms with Crippen LogP contribution < -0.4 is 10.1 Å². The molecule has 0 bridgehead atoms. The predicted octanol–water partition coefficient (Wildman–Crippen LogP) is 3.16. The minimum absolute atomic E-state index is 0.286. The molecule has 1 aromatic rings. The van der Waals surface area contributed by atoms with Crippen LogP contribution in [0.5, 0.6) is 5.75 Å². The summed E-state index contributed by atoms with van der Waals surface area (Å²) in [6, 6.07) is 8.69. The van der Waals surface area contributed by atoms with Gasteiger partial charge in [0.05, 0.1) is 13.2 Å². The molecule has 6 heteroatoms. The van der Waals surface area contributed by atoms with Crippen molar-refractivity contribution in [3.63, 3.8) is 0 Å². The summed E-state index contributed by atoms with van der Waals surface area (Å²) in [5.74, 6) is 2.71. The third kappa shape index (κ3) is 6.09. The number of benzene rings is 1. The molecule has 162 valence electrons. The maximum absolute atomic E-state index is 5.67. The molecule has 29 heavy (non-hydrogen) atoms. The number of nitrogens with zero attached hydrogens (tertiary/aromatic N) is 3. The van der Waals surface area contributed by atoms with E-state index in [1.807, 2.05) is 13.1 Å². The fourth-order valence-electron chi connectivity index (χ4n) is 4.52. The van der Waals surface area contributed by atoms with Gasteiger partial charge < -0.3 is 19.7 Å². The molecule has 0 aliphatic carbocycles. The molecular formula is C23H38N4O2. The molecule has 1 N–H and O–H groups in total. The number of likely N-dealkylation sites (tertiary alicyclic amines) is 1. The summed E-state index contributed by atoms with van der Waals surface area (Å²) in [6.45, 7) is 5.96. The third-order valence-corrected chi connectivity index (χ3v) is 6.32. The fourth-order valence-corrected chi connectivity index (χ4v) is 4.52. The van der Waals surface area contributed by atoms with Crippen molar-refractivity contribution in [3.05, 3.63) is 29.8 Å². The van der Waals surface area contributed by atoms with Crippen LogP contribution in [0.2, 0.25) is 0 Å². The topological polar surface area (TPSA) is 49.3 Å². The standard InChI is InChI=1S/C23H38N4O2/c1-24-23(26(2)15-10-19-11-16-29-17-12-19)25-18-21(27-13-6-7-14-27)20-8-4-5-9-22(20)28-3/h4-5,8-9,19,21H,6-7,10-18H2,1-3H3,(H,24,25). The van der Waals surface area contributed by atoms with Gasteiger partial charge in [-0.05, 0) is 57.2 Å². The zero-order valence-corrected chi connectivity index (χ0v) is 18.4. The van der Waals surface area contributed by atoms with Crippen LogP contribution in [-0.4, -0.2) is 76.4 Å². The SMILES string of the molecule is CN=C(NCC(c1ccccc1OC)N1CCCC1)N(C)CCC1CCOCC1. The largest absolute Gasteiger partial charge is 0.496 e. The van der Waals surface area contributed by atoms with Crippen molar-refractivity contribution in [1.82, 2.24) is 15.1 Å². The lowest BCUT2D eigenvalue weighted by Gasteiger charge is -2.31. The fraction of sp³-hybridized carbons (Fsp3) is 0.696. The first kappa shape index (κ1) is 21.9. The van der Waals surface area contributed by atoms with E-state index in [2.05, 4.69) is 45.4 Å². The van der Waals surface area contributed by atoms with Gasteiger partial charge in [0.1, 0.15) is 5.75 Å². The van der Waals surface area contributed by atoms with Gasteiger partial charge in [0.15, 0.2) is 5.96 Å².